The van der Waals surface area contributed by atoms with Gasteiger partial charge in [-0.2, -0.15) is 0 Å². The topological polar surface area (TPSA) is 72.6 Å². The van der Waals surface area contributed by atoms with E-state index in [1.165, 1.54) is 31.2 Å². The van der Waals surface area contributed by atoms with Crippen LogP contribution in [0, 0.1) is 15.9 Å². The molecule has 2 aromatic rings. The van der Waals surface area contributed by atoms with Crippen molar-refractivity contribution in [3.05, 3.63) is 69.5 Å². The maximum Gasteiger partial charge on any atom is 0.270 e. The fraction of sp³-hybridized carbons (Fsp3) is 0.200. The van der Waals surface area contributed by atoms with E-state index in [4.69, 9.17) is 4.74 Å². The van der Waals surface area contributed by atoms with Crippen LogP contribution in [0.2, 0.25) is 0 Å². The number of nitro groups is 1. The van der Waals surface area contributed by atoms with E-state index < -0.39 is 16.8 Å². The molecule has 0 aromatic heterocycles. The molecule has 0 aliphatic carbocycles. The first-order valence-corrected chi connectivity index (χ1v) is 6.31. The van der Waals surface area contributed by atoms with Gasteiger partial charge in [0.25, 0.3) is 5.69 Å². The standard InChI is InChI=1S/C15H14FNO4/c1-10(18)13-8-12(17(19)20)6-7-15(13)21-9-11-4-2-3-5-14(11)16/h2-8,10,18H,9H2,1H3. The number of rotatable bonds is 5. The molecule has 2 rings (SSSR count). The summed E-state index contributed by atoms with van der Waals surface area (Å²) in [5.74, 6) is -0.100. The number of ether oxygens (including phenoxy) is 1. The Morgan fingerprint density at radius 3 is 2.67 bits per heavy atom. The number of hydrogen-bond donors (Lipinski definition) is 1. The SMILES string of the molecule is CC(O)c1cc([N+](=O)[O-])ccc1OCc1ccccc1F. The molecule has 0 fully saturated rings. The van der Waals surface area contributed by atoms with Gasteiger partial charge in [-0.1, -0.05) is 18.2 Å². The lowest BCUT2D eigenvalue weighted by Gasteiger charge is -2.13. The number of benzene rings is 2. The van der Waals surface area contributed by atoms with Crippen molar-refractivity contribution >= 4 is 5.69 Å². The minimum absolute atomic E-state index is 0.0236. The van der Waals surface area contributed by atoms with Gasteiger partial charge in [-0.3, -0.25) is 10.1 Å². The molecule has 21 heavy (non-hydrogen) atoms. The van der Waals surface area contributed by atoms with Crippen molar-refractivity contribution in [1.29, 1.82) is 0 Å². The molecule has 0 bridgehead atoms. The van der Waals surface area contributed by atoms with Crippen molar-refractivity contribution in [1.82, 2.24) is 0 Å². The molecule has 0 aliphatic heterocycles. The quantitative estimate of drug-likeness (QED) is 0.677. The summed E-state index contributed by atoms with van der Waals surface area (Å²) in [7, 11) is 0. The van der Waals surface area contributed by atoms with E-state index in [9.17, 15) is 19.6 Å². The number of halogens is 1. The molecular weight excluding hydrogens is 277 g/mol. The Balaban J connectivity index is 2.23. The third-order valence-electron chi connectivity index (χ3n) is 3.00. The molecule has 0 amide bonds. The number of non-ortho nitro benzene ring substituents is 1. The van der Waals surface area contributed by atoms with E-state index in [-0.39, 0.29) is 12.3 Å². The first-order valence-electron chi connectivity index (χ1n) is 6.31. The molecule has 0 saturated heterocycles. The summed E-state index contributed by atoms with van der Waals surface area (Å²) in [6.07, 6.45) is -0.930. The zero-order chi connectivity index (χ0) is 15.4. The average Bonchev–Trinajstić information content (AvgIpc) is 2.46. The molecular formula is C15H14FNO4. The molecule has 0 radical (unpaired) electrons. The van der Waals surface area contributed by atoms with Gasteiger partial charge < -0.3 is 9.84 Å². The van der Waals surface area contributed by atoms with Crippen LogP contribution in [0.15, 0.2) is 42.5 Å². The number of aliphatic hydroxyl groups is 1. The zero-order valence-corrected chi connectivity index (χ0v) is 11.3. The van der Waals surface area contributed by atoms with Crippen LogP contribution in [0.4, 0.5) is 10.1 Å². The zero-order valence-electron chi connectivity index (χ0n) is 11.3. The number of nitrogens with zero attached hydrogens (tertiary/aromatic N) is 1. The van der Waals surface area contributed by atoms with Gasteiger partial charge in [-0.25, -0.2) is 4.39 Å². The molecule has 1 N–H and O–H groups in total. The van der Waals surface area contributed by atoms with E-state index >= 15 is 0 Å². The molecule has 0 aliphatic rings. The minimum Gasteiger partial charge on any atom is -0.488 e. The normalized spacial score (nSPS) is 12.0. The highest BCUT2D eigenvalue weighted by atomic mass is 19.1. The van der Waals surface area contributed by atoms with E-state index in [2.05, 4.69) is 0 Å². The molecule has 2 aromatic carbocycles. The van der Waals surface area contributed by atoms with E-state index in [0.717, 1.165) is 0 Å². The Bertz CT molecular complexity index is 658. The van der Waals surface area contributed by atoms with Crippen molar-refractivity contribution in [2.45, 2.75) is 19.6 Å². The van der Waals surface area contributed by atoms with Crippen molar-refractivity contribution in [2.75, 3.05) is 0 Å². The number of nitro benzene ring substituents is 1. The third-order valence-corrected chi connectivity index (χ3v) is 3.00. The number of aliphatic hydroxyl groups excluding tert-OH is 1. The second-order valence-corrected chi connectivity index (χ2v) is 4.54. The van der Waals surface area contributed by atoms with Crippen molar-refractivity contribution in [3.8, 4) is 5.75 Å². The van der Waals surface area contributed by atoms with Crippen LogP contribution >= 0.6 is 0 Å². The first-order chi connectivity index (χ1) is 9.99. The second-order valence-electron chi connectivity index (χ2n) is 4.54. The molecule has 1 unspecified atom stereocenters. The number of hydrogen-bond acceptors (Lipinski definition) is 4. The minimum atomic E-state index is -0.930. The molecule has 0 spiro atoms. The van der Waals surface area contributed by atoms with Gasteiger partial charge in [0.1, 0.15) is 18.2 Å². The molecule has 0 saturated carbocycles. The lowest BCUT2D eigenvalue weighted by molar-refractivity contribution is -0.385. The van der Waals surface area contributed by atoms with Crippen molar-refractivity contribution in [2.24, 2.45) is 0 Å². The predicted molar refractivity (Wildman–Crippen MR) is 74.5 cm³/mol. The summed E-state index contributed by atoms with van der Waals surface area (Å²) in [6.45, 7) is 1.46. The monoisotopic (exact) mass is 291 g/mol. The molecule has 1 atom stereocenters. The highest BCUT2D eigenvalue weighted by molar-refractivity contribution is 5.45. The van der Waals surface area contributed by atoms with Crippen LogP contribution in [-0.4, -0.2) is 10.0 Å². The maximum absolute atomic E-state index is 13.5. The fourth-order valence-corrected chi connectivity index (χ4v) is 1.88. The van der Waals surface area contributed by atoms with Crippen molar-refractivity contribution < 1.29 is 19.2 Å². The van der Waals surface area contributed by atoms with E-state index in [1.54, 1.807) is 18.2 Å². The van der Waals surface area contributed by atoms with Crippen LogP contribution in [0.1, 0.15) is 24.2 Å². The summed E-state index contributed by atoms with van der Waals surface area (Å²) in [6, 6.07) is 10.1. The van der Waals surface area contributed by atoms with Gasteiger partial charge in [0.15, 0.2) is 0 Å². The van der Waals surface area contributed by atoms with Crippen LogP contribution in [0.25, 0.3) is 0 Å². The lowest BCUT2D eigenvalue weighted by atomic mass is 10.1. The largest absolute Gasteiger partial charge is 0.488 e. The Morgan fingerprint density at radius 1 is 1.33 bits per heavy atom. The van der Waals surface area contributed by atoms with E-state index in [0.29, 0.717) is 16.9 Å². The van der Waals surface area contributed by atoms with Gasteiger partial charge >= 0.3 is 0 Å². The van der Waals surface area contributed by atoms with Gasteiger partial charge in [0, 0.05) is 23.3 Å². The summed E-state index contributed by atoms with van der Waals surface area (Å²) >= 11 is 0. The Hall–Kier alpha value is -2.47. The summed E-state index contributed by atoms with van der Waals surface area (Å²) in [5, 5.41) is 20.4. The van der Waals surface area contributed by atoms with Gasteiger partial charge in [-0.15, -0.1) is 0 Å². The highest BCUT2D eigenvalue weighted by Gasteiger charge is 2.15. The molecule has 110 valence electrons. The van der Waals surface area contributed by atoms with Crippen molar-refractivity contribution in [3.63, 3.8) is 0 Å². The first kappa shape index (κ1) is 14.9. The van der Waals surface area contributed by atoms with E-state index in [1.807, 2.05) is 0 Å². The van der Waals surface area contributed by atoms with Crippen LogP contribution in [0.5, 0.6) is 5.75 Å². The second kappa shape index (κ2) is 6.32. The van der Waals surface area contributed by atoms with Gasteiger partial charge in [0.2, 0.25) is 0 Å². The van der Waals surface area contributed by atoms with Crippen LogP contribution < -0.4 is 4.74 Å². The lowest BCUT2D eigenvalue weighted by Crippen LogP contribution is -2.03. The van der Waals surface area contributed by atoms with Crippen LogP contribution in [0.3, 0.4) is 0 Å². The Morgan fingerprint density at radius 2 is 2.05 bits per heavy atom. The summed E-state index contributed by atoms with van der Waals surface area (Å²) < 4.78 is 19.0. The smallest absolute Gasteiger partial charge is 0.270 e. The van der Waals surface area contributed by atoms with Crippen LogP contribution in [-0.2, 0) is 6.61 Å². The highest BCUT2D eigenvalue weighted by Crippen LogP contribution is 2.30. The predicted octanol–water partition coefficient (Wildman–Crippen LogP) is 3.37. The fourth-order valence-electron chi connectivity index (χ4n) is 1.88. The average molecular weight is 291 g/mol. The molecule has 0 heterocycles. The third kappa shape index (κ3) is 3.55. The molecule has 5 nitrogen and oxygen atoms in total. The summed E-state index contributed by atoms with van der Waals surface area (Å²) in [4.78, 5) is 10.2. The van der Waals surface area contributed by atoms with Gasteiger partial charge in [-0.05, 0) is 19.1 Å². The Kier molecular flexibility index (Phi) is 4.49. The molecule has 6 heteroatoms. The Labute approximate surface area is 120 Å². The van der Waals surface area contributed by atoms with Gasteiger partial charge in [0.05, 0.1) is 11.0 Å². The maximum atomic E-state index is 13.5. The summed E-state index contributed by atoms with van der Waals surface area (Å²) in [5.41, 5.74) is 0.525.